The molecule has 0 radical (unpaired) electrons. The summed E-state index contributed by atoms with van der Waals surface area (Å²) in [6, 6.07) is 17.9. The highest BCUT2D eigenvalue weighted by molar-refractivity contribution is 6.30. The van der Waals surface area contributed by atoms with Crippen molar-refractivity contribution in [2.24, 2.45) is 0 Å². The van der Waals surface area contributed by atoms with Crippen molar-refractivity contribution < 1.29 is 9.32 Å². The Bertz CT molecular complexity index is 951. The van der Waals surface area contributed by atoms with Gasteiger partial charge in [0.15, 0.2) is 0 Å². The molecular weight excluding hydrogens is 400 g/mol. The number of hydrogen-bond donors (Lipinski definition) is 1. The summed E-state index contributed by atoms with van der Waals surface area (Å²) in [6.07, 6.45) is 2.71. The Morgan fingerprint density at radius 1 is 1.10 bits per heavy atom. The molecule has 0 aliphatic carbocycles. The molecule has 0 saturated carbocycles. The third-order valence-corrected chi connectivity index (χ3v) is 5.59. The van der Waals surface area contributed by atoms with Gasteiger partial charge in [-0.05, 0) is 30.5 Å². The predicted molar refractivity (Wildman–Crippen MR) is 116 cm³/mol. The van der Waals surface area contributed by atoms with Crippen LogP contribution in [0.5, 0.6) is 0 Å². The minimum Gasteiger partial charge on any atom is -0.353 e. The number of aromatic nitrogens is 2. The summed E-state index contributed by atoms with van der Waals surface area (Å²) in [6.45, 7) is 2.86. The van der Waals surface area contributed by atoms with Gasteiger partial charge in [-0.25, -0.2) is 0 Å². The summed E-state index contributed by atoms with van der Waals surface area (Å²) in [7, 11) is 0. The van der Waals surface area contributed by atoms with E-state index in [1.165, 1.54) is 5.56 Å². The summed E-state index contributed by atoms with van der Waals surface area (Å²) >= 11 is 5.95. The van der Waals surface area contributed by atoms with E-state index in [1.807, 2.05) is 42.5 Å². The van der Waals surface area contributed by atoms with E-state index in [0.29, 0.717) is 24.6 Å². The second-order valence-electron chi connectivity index (χ2n) is 7.62. The van der Waals surface area contributed by atoms with E-state index >= 15 is 0 Å². The average Bonchev–Trinajstić information content (AvgIpc) is 3.25. The lowest BCUT2D eigenvalue weighted by Crippen LogP contribution is -2.44. The van der Waals surface area contributed by atoms with Gasteiger partial charge in [-0.1, -0.05) is 59.2 Å². The maximum absolute atomic E-state index is 12.3. The molecule has 2 aromatic carbocycles. The van der Waals surface area contributed by atoms with E-state index in [1.54, 1.807) is 0 Å². The van der Waals surface area contributed by atoms with Crippen molar-refractivity contribution in [2.45, 2.75) is 38.3 Å². The number of carbonyl (C=O) groups is 1. The maximum Gasteiger partial charge on any atom is 0.227 e. The van der Waals surface area contributed by atoms with Crippen molar-refractivity contribution >= 4 is 17.5 Å². The second-order valence-corrected chi connectivity index (χ2v) is 8.06. The molecule has 156 valence electrons. The zero-order valence-electron chi connectivity index (χ0n) is 16.8. The highest BCUT2D eigenvalue weighted by Gasteiger charge is 2.21. The van der Waals surface area contributed by atoms with Crippen molar-refractivity contribution in [3.8, 4) is 11.4 Å². The van der Waals surface area contributed by atoms with Crippen LogP contribution in [0.25, 0.3) is 11.4 Å². The lowest BCUT2D eigenvalue weighted by atomic mass is 10.0. The van der Waals surface area contributed by atoms with Crippen LogP contribution in [-0.2, 0) is 17.8 Å². The van der Waals surface area contributed by atoms with Crippen LogP contribution >= 0.6 is 11.6 Å². The fourth-order valence-corrected chi connectivity index (χ4v) is 3.79. The van der Waals surface area contributed by atoms with Crippen LogP contribution < -0.4 is 5.32 Å². The van der Waals surface area contributed by atoms with E-state index < -0.39 is 0 Å². The molecular formula is C23H25ClN4O2. The monoisotopic (exact) mass is 424 g/mol. The number of hydrogen-bond acceptors (Lipinski definition) is 5. The molecule has 1 saturated heterocycles. The molecule has 1 aromatic heterocycles. The Labute approximate surface area is 181 Å². The van der Waals surface area contributed by atoms with Crippen molar-refractivity contribution in [2.75, 3.05) is 13.1 Å². The minimum atomic E-state index is 0.0330. The number of rotatable bonds is 7. The van der Waals surface area contributed by atoms with Gasteiger partial charge in [-0.15, -0.1) is 0 Å². The summed E-state index contributed by atoms with van der Waals surface area (Å²) in [5, 5.41) is 7.90. The molecule has 3 aromatic rings. The number of nitrogens with one attached hydrogen (secondary N) is 1. The van der Waals surface area contributed by atoms with Gasteiger partial charge in [-0.3, -0.25) is 9.69 Å². The number of halogens is 1. The minimum absolute atomic E-state index is 0.0330. The number of piperidine rings is 1. The molecule has 1 N–H and O–H groups in total. The van der Waals surface area contributed by atoms with E-state index in [2.05, 4.69) is 32.5 Å². The molecule has 1 aliphatic rings. The van der Waals surface area contributed by atoms with Crippen LogP contribution in [0.3, 0.4) is 0 Å². The maximum atomic E-state index is 12.3. The highest BCUT2D eigenvalue weighted by atomic mass is 35.5. The van der Waals surface area contributed by atoms with E-state index in [0.717, 1.165) is 43.1 Å². The lowest BCUT2D eigenvalue weighted by Gasteiger charge is -2.32. The number of amides is 1. The smallest absolute Gasteiger partial charge is 0.227 e. The molecule has 7 heteroatoms. The Kier molecular flexibility index (Phi) is 6.77. The number of benzene rings is 2. The molecule has 0 spiro atoms. The largest absolute Gasteiger partial charge is 0.353 e. The van der Waals surface area contributed by atoms with Crippen LogP contribution in [0.2, 0.25) is 5.02 Å². The lowest BCUT2D eigenvalue weighted by molar-refractivity contribution is -0.122. The van der Waals surface area contributed by atoms with Crippen LogP contribution in [0, 0.1) is 0 Å². The quantitative estimate of drug-likeness (QED) is 0.618. The second kappa shape index (κ2) is 9.87. The molecule has 1 amide bonds. The molecule has 6 nitrogen and oxygen atoms in total. The summed E-state index contributed by atoms with van der Waals surface area (Å²) in [4.78, 5) is 19.1. The number of aryl methyl sites for hydroxylation is 1. The highest BCUT2D eigenvalue weighted by Crippen LogP contribution is 2.17. The number of carbonyl (C=O) groups excluding carboxylic acids is 1. The topological polar surface area (TPSA) is 71.3 Å². The van der Waals surface area contributed by atoms with Crippen LogP contribution in [-0.4, -0.2) is 40.1 Å². The van der Waals surface area contributed by atoms with E-state index in [-0.39, 0.29) is 11.9 Å². The van der Waals surface area contributed by atoms with E-state index in [9.17, 15) is 4.79 Å². The Morgan fingerprint density at radius 2 is 1.83 bits per heavy atom. The Morgan fingerprint density at radius 3 is 2.57 bits per heavy atom. The number of nitrogens with zero attached hydrogens (tertiary/aromatic N) is 3. The van der Waals surface area contributed by atoms with Crippen molar-refractivity contribution in [3.63, 3.8) is 0 Å². The van der Waals surface area contributed by atoms with Gasteiger partial charge in [0, 0.05) is 49.1 Å². The SMILES string of the molecule is O=C(CCc1nc(-c2ccccc2)no1)NC1CCN(Cc2ccc(Cl)cc2)CC1. The van der Waals surface area contributed by atoms with Crippen LogP contribution in [0.4, 0.5) is 0 Å². The zero-order valence-corrected chi connectivity index (χ0v) is 17.5. The van der Waals surface area contributed by atoms with Gasteiger partial charge in [0.2, 0.25) is 17.6 Å². The first-order valence-electron chi connectivity index (χ1n) is 10.3. The van der Waals surface area contributed by atoms with E-state index in [4.69, 9.17) is 16.1 Å². The summed E-state index contributed by atoms with van der Waals surface area (Å²) in [5.41, 5.74) is 2.17. The van der Waals surface area contributed by atoms with Crippen LogP contribution in [0.1, 0.15) is 30.7 Å². The summed E-state index contributed by atoms with van der Waals surface area (Å²) < 4.78 is 5.28. The van der Waals surface area contributed by atoms with Crippen molar-refractivity contribution in [1.29, 1.82) is 0 Å². The normalized spacial score (nSPS) is 15.2. The third kappa shape index (κ3) is 5.68. The first-order valence-corrected chi connectivity index (χ1v) is 10.7. The van der Waals surface area contributed by atoms with Gasteiger partial charge >= 0.3 is 0 Å². The molecule has 0 bridgehead atoms. The van der Waals surface area contributed by atoms with Crippen molar-refractivity contribution in [3.05, 3.63) is 71.1 Å². The Hall–Kier alpha value is -2.70. The first kappa shape index (κ1) is 20.6. The van der Waals surface area contributed by atoms with Crippen molar-refractivity contribution in [1.82, 2.24) is 20.4 Å². The average molecular weight is 425 g/mol. The summed E-state index contributed by atoms with van der Waals surface area (Å²) in [5.74, 6) is 1.08. The Balaban J connectivity index is 1.18. The molecule has 0 atom stereocenters. The van der Waals surface area contributed by atoms with Gasteiger partial charge in [-0.2, -0.15) is 4.98 Å². The molecule has 4 rings (SSSR count). The molecule has 2 heterocycles. The molecule has 30 heavy (non-hydrogen) atoms. The molecule has 1 fully saturated rings. The van der Waals surface area contributed by atoms with Gasteiger partial charge in [0.1, 0.15) is 0 Å². The zero-order chi connectivity index (χ0) is 20.8. The standard InChI is InChI=1S/C23H25ClN4O2/c24-19-8-6-17(7-9-19)16-28-14-12-20(13-15-28)25-21(29)10-11-22-26-23(27-30-22)18-4-2-1-3-5-18/h1-9,20H,10-16H2,(H,25,29). The van der Waals surface area contributed by atoms with Crippen LogP contribution in [0.15, 0.2) is 59.1 Å². The fraction of sp³-hybridized carbons (Fsp3) is 0.348. The fourth-order valence-electron chi connectivity index (χ4n) is 3.66. The first-order chi connectivity index (χ1) is 14.7. The number of likely N-dealkylation sites (tertiary alicyclic amines) is 1. The van der Waals surface area contributed by atoms with Gasteiger partial charge in [0.25, 0.3) is 0 Å². The molecule has 0 unspecified atom stereocenters. The third-order valence-electron chi connectivity index (χ3n) is 5.34. The van der Waals surface area contributed by atoms with Gasteiger partial charge < -0.3 is 9.84 Å². The predicted octanol–water partition coefficient (Wildman–Crippen LogP) is 4.10. The molecule has 1 aliphatic heterocycles. The van der Waals surface area contributed by atoms with Gasteiger partial charge in [0.05, 0.1) is 0 Å².